The lowest BCUT2D eigenvalue weighted by molar-refractivity contribution is -0.129. The minimum Gasteiger partial charge on any atom is -0.356 e. The standard InChI is InChI=1S/C20H22N6O3/c1-23-8-9-25(20(23)28)15-11-21-26(13-15)14-6-7-24(12-14)19(27)10-17-16-4-2-3-5-18(16)29-22-17/h2-5,11,13-14H,6-10,12H2,1H3. The van der Waals surface area contributed by atoms with Crippen LogP contribution in [0.25, 0.3) is 11.0 Å². The molecule has 2 aliphatic heterocycles. The number of para-hydroxylation sites is 1. The molecule has 9 nitrogen and oxygen atoms in total. The van der Waals surface area contributed by atoms with Crippen LogP contribution in [-0.2, 0) is 11.2 Å². The molecule has 2 fully saturated rings. The number of likely N-dealkylation sites (tertiary alicyclic amines) is 1. The summed E-state index contributed by atoms with van der Waals surface area (Å²) in [5, 5.41) is 9.40. The molecule has 0 N–H and O–H groups in total. The number of carbonyl (C=O) groups excluding carboxylic acids is 2. The Labute approximate surface area is 167 Å². The van der Waals surface area contributed by atoms with Gasteiger partial charge in [0, 0.05) is 44.8 Å². The molecule has 0 bridgehead atoms. The summed E-state index contributed by atoms with van der Waals surface area (Å²) in [6.45, 7) is 2.66. The van der Waals surface area contributed by atoms with Gasteiger partial charge in [-0.15, -0.1) is 0 Å². The van der Waals surface area contributed by atoms with E-state index >= 15 is 0 Å². The van der Waals surface area contributed by atoms with E-state index < -0.39 is 0 Å². The predicted molar refractivity (Wildman–Crippen MR) is 106 cm³/mol. The summed E-state index contributed by atoms with van der Waals surface area (Å²) < 4.78 is 7.17. The average Bonchev–Trinajstić information content (AvgIpc) is 3.50. The van der Waals surface area contributed by atoms with Gasteiger partial charge in [-0.2, -0.15) is 5.10 Å². The molecule has 0 aliphatic carbocycles. The van der Waals surface area contributed by atoms with Gasteiger partial charge in [0.25, 0.3) is 0 Å². The first-order valence-electron chi connectivity index (χ1n) is 9.78. The topological polar surface area (TPSA) is 87.7 Å². The summed E-state index contributed by atoms with van der Waals surface area (Å²) in [5.74, 6) is 0.0373. The van der Waals surface area contributed by atoms with Crippen LogP contribution in [0.3, 0.4) is 0 Å². The first kappa shape index (κ1) is 17.7. The number of rotatable bonds is 4. The summed E-state index contributed by atoms with van der Waals surface area (Å²) in [4.78, 5) is 30.2. The van der Waals surface area contributed by atoms with Gasteiger partial charge in [-0.1, -0.05) is 17.3 Å². The van der Waals surface area contributed by atoms with Crippen LogP contribution in [-0.4, -0.2) is 69.9 Å². The number of benzene rings is 1. The number of urea groups is 1. The van der Waals surface area contributed by atoms with Gasteiger partial charge in [-0.05, 0) is 18.6 Å². The monoisotopic (exact) mass is 394 g/mol. The molecule has 3 aromatic rings. The Morgan fingerprint density at radius 3 is 2.93 bits per heavy atom. The van der Waals surface area contributed by atoms with Crippen LogP contribution in [0.4, 0.5) is 10.5 Å². The van der Waals surface area contributed by atoms with Crippen molar-refractivity contribution >= 4 is 28.6 Å². The van der Waals surface area contributed by atoms with E-state index in [4.69, 9.17) is 4.52 Å². The lowest BCUT2D eigenvalue weighted by Gasteiger charge is -2.16. The van der Waals surface area contributed by atoms with Gasteiger partial charge in [-0.3, -0.25) is 14.4 Å². The maximum Gasteiger partial charge on any atom is 0.324 e. The number of aromatic nitrogens is 3. The Balaban J connectivity index is 1.24. The Morgan fingerprint density at radius 2 is 2.10 bits per heavy atom. The Kier molecular flexibility index (Phi) is 4.22. The summed E-state index contributed by atoms with van der Waals surface area (Å²) in [7, 11) is 1.80. The van der Waals surface area contributed by atoms with E-state index in [2.05, 4.69) is 10.3 Å². The van der Waals surface area contributed by atoms with Crippen molar-refractivity contribution in [1.82, 2.24) is 24.7 Å². The van der Waals surface area contributed by atoms with E-state index in [1.54, 1.807) is 23.0 Å². The average molecular weight is 394 g/mol. The molecule has 29 heavy (non-hydrogen) atoms. The number of amides is 3. The van der Waals surface area contributed by atoms with Gasteiger partial charge in [0.05, 0.1) is 24.3 Å². The van der Waals surface area contributed by atoms with Crippen molar-refractivity contribution in [3.8, 4) is 0 Å². The first-order chi connectivity index (χ1) is 14.1. The normalized spacial score (nSPS) is 19.7. The van der Waals surface area contributed by atoms with Crippen LogP contribution in [0.15, 0.2) is 41.2 Å². The van der Waals surface area contributed by atoms with Crippen molar-refractivity contribution < 1.29 is 14.1 Å². The third kappa shape index (κ3) is 3.12. The van der Waals surface area contributed by atoms with Gasteiger partial charge < -0.3 is 14.3 Å². The molecule has 0 radical (unpaired) electrons. The van der Waals surface area contributed by atoms with Crippen LogP contribution >= 0.6 is 0 Å². The molecule has 1 atom stereocenters. The molecule has 5 rings (SSSR count). The zero-order chi connectivity index (χ0) is 20.0. The highest BCUT2D eigenvalue weighted by Gasteiger charge is 2.31. The van der Waals surface area contributed by atoms with Crippen LogP contribution < -0.4 is 4.90 Å². The van der Waals surface area contributed by atoms with Crippen molar-refractivity contribution in [2.45, 2.75) is 18.9 Å². The fourth-order valence-electron chi connectivity index (χ4n) is 4.06. The van der Waals surface area contributed by atoms with Crippen molar-refractivity contribution in [2.75, 3.05) is 38.1 Å². The van der Waals surface area contributed by atoms with Crippen LogP contribution in [0.1, 0.15) is 18.2 Å². The second-order valence-electron chi connectivity index (χ2n) is 7.62. The van der Waals surface area contributed by atoms with E-state index in [9.17, 15) is 9.59 Å². The number of anilines is 1. The number of fused-ring (bicyclic) bond motifs is 1. The fourth-order valence-corrected chi connectivity index (χ4v) is 4.06. The molecule has 4 heterocycles. The first-order valence-corrected chi connectivity index (χ1v) is 9.78. The number of likely N-dealkylation sites (N-methyl/N-ethyl adjacent to an activating group) is 1. The van der Waals surface area contributed by atoms with Gasteiger partial charge in [0.1, 0.15) is 5.69 Å². The van der Waals surface area contributed by atoms with Crippen molar-refractivity contribution in [1.29, 1.82) is 0 Å². The minimum absolute atomic E-state index is 0.00684. The lowest BCUT2D eigenvalue weighted by atomic mass is 10.1. The molecular formula is C20H22N6O3. The second kappa shape index (κ2) is 6.91. The van der Waals surface area contributed by atoms with Crippen LogP contribution in [0.5, 0.6) is 0 Å². The molecule has 2 aromatic heterocycles. The third-order valence-corrected chi connectivity index (χ3v) is 5.78. The zero-order valence-electron chi connectivity index (χ0n) is 16.2. The molecule has 0 spiro atoms. The van der Waals surface area contributed by atoms with Gasteiger partial charge in [-0.25, -0.2) is 4.79 Å². The number of nitrogens with zero attached hydrogens (tertiary/aromatic N) is 6. The van der Waals surface area contributed by atoms with Gasteiger partial charge in [0.15, 0.2) is 5.58 Å². The summed E-state index contributed by atoms with van der Waals surface area (Å²) in [5.41, 5.74) is 2.17. The Morgan fingerprint density at radius 1 is 1.24 bits per heavy atom. The fraction of sp³-hybridized carbons (Fsp3) is 0.400. The minimum atomic E-state index is -0.00684. The quantitative estimate of drug-likeness (QED) is 0.675. The number of hydrogen-bond acceptors (Lipinski definition) is 5. The highest BCUT2D eigenvalue weighted by Crippen LogP contribution is 2.26. The molecule has 3 amide bonds. The summed E-state index contributed by atoms with van der Waals surface area (Å²) in [6.07, 6.45) is 4.69. The summed E-state index contributed by atoms with van der Waals surface area (Å²) in [6, 6.07) is 7.67. The molecule has 1 unspecified atom stereocenters. The van der Waals surface area contributed by atoms with Gasteiger partial charge in [0.2, 0.25) is 5.91 Å². The van der Waals surface area contributed by atoms with Gasteiger partial charge >= 0.3 is 6.03 Å². The zero-order valence-corrected chi connectivity index (χ0v) is 16.2. The van der Waals surface area contributed by atoms with E-state index in [1.165, 1.54) is 0 Å². The van der Waals surface area contributed by atoms with E-state index in [-0.39, 0.29) is 24.4 Å². The number of hydrogen-bond donors (Lipinski definition) is 0. The van der Waals surface area contributed by atoms with Crippen molar-refractivity contribution in [2.24, 2.45) is 0 Å². The Bertz CT molecular complexity index is 1070. The van der Waals surface area contributed by atoms with E-state index in [1.807, 2.05) is 40.0 Å². The smallest absolute Gasteiger partial charge is 0.324 e. The highest BCUT2D eigenvalue weighted by molar-refractivity contribution is 5.93. The third-order valence-electron chi connectivity index (χ3n) is 5.78. The molecule has 9 heteroatoms. The van der Waals surface area contributed by atoms with E-state index in [0.29, 0.717) is 37.5 Å². The lowest BCUT2D eigenvalue weighted by Crippen LogP contribution is -2.30. The maximum atomic E-state index is 12.8. The SMILES string of the molecule is CN1CCN(c2cnn(C3CCN(C(=O)Cc4noc5ccccc45)C3)c2)C1=O. The highest BCUT2D eigenvalue weighted by atomic mass is 16.5. The molecule has 2 saturated heterocycles. The van der Waals surface area contributed by atoms with E-state index in [0.717, 1.165) is 17.5 Å². The molecule has 1 aromatic carbocycles. The molecule has 150 valence electrons. The maximum absolute atomic E-state index is 12.8. The Hall–Kier alpha value is -3.36. The number of carbonyl (C=O) groups is 2. The molecular weight excluding hydrogens is 372 g/mol. The summed E-state index contributed by atoms with van der Waals surface area (Å²) >= 11 is 0. The predicted octanol–water partition coefficient (Wildman–Crippen LogP) is 1.91. The second-order valence-corrected chi connectivity index (χ2v) is 7.62. The van der Waals surface area contributed by atoms with Crippen molar-refractivity contribution in [3.63, 3.8) is 0 Å². The van der Waals surface area contributed by atoms with Crippen LogP contribution in [0, 0.1) is 0 Å². The molecule has 2 aliphatic rings. The molecule has 0 saturated carbocycles. The van der Waals surface area contributed by atoms with Crippen molar-refractivity contribution in [3.05, 3.63) is 42.4 Å². The largest absolute Gasteiger partial charge is 0.356 e. The van der Waals surface area contributed by atoms with Crippen LogP contribution in [0.2, 0.25) is 0 Å².